The Morgan fingerprint density at radius 3 is 2.56 bits per heavy atom. The van der Waals surface area contributed by atoms with Gasteiger partial charge in [-0.1, -0.05) is 6.92 Å². The highest BCUT2D eigenvalue weighted by Gasteiger charge is 2.17. The van der Waals surface area contributed by atoms with Gasteiger partial charge in [-0.3, -0.25) is 24.5 Å². The van der Waals surface area contributed by atoms with E-state index < -0.39 is 10.5 Å². The standard InChI is InChI=1S/C17H16N4O4/c1-3-8-20-16(22)14(9-18)11(2)15(17(20)23)10-19-12-4-6-13(7-5-12)21(24)25/h4-7,10,23H,3,8H2,1-2H3. The number of nitrogens with zero attached hydrogens (tertiary/aromatic N) is 4. The van der Waals surface area contributed by atoms with Gasteiger partial charge >= 0.3 is 0 Å². The van der Waals surface area contributed by atoms with Gasteiger partial charge in [0.2, 0.25) is 5.88 Å². The number of hydrogen-bond acceptors (Lipinski definition) is 6. The minimum absolute atomic E-state index is 0.0450. The van der Waals surface area contributed by atoms with E-state index in [4.69, 9.17) is 0 Å². The normalized spacial score (nSPS) is 10.8. The van der Waals surface area contributed by atoms with Crippen LogP contribution in [0, 0.1) is 28.4 Å². The topological polar surface area (TPSA) is 122 Å². The lowest BCUT2D eigenvalue weighted by Crippen LogP contribution is -2.25. The van der Waals surface area contributed by atoms with E-state index in [9.17, 15) is 25.3 Å². The fourth-order valence-electron chi connectivity index (χ4n) is 2.36. The molecule has 2 rings (SSSR count). The summed E-state index contributed by atoms with van der Waals surface area (Å²) in [5, 5.41) is 30.2. The summed E-state index contributed by atoms with van der Waals surface area (Å²) < 4.78 is 1.14. The molecular formula is C17H16N4O4. The maximum atomic E-state index is 12.2. The number of aromatic hydroxyl groups is 1. The number of pyridine rings is 1. The van der Waals surface area contributed by atoms with E-state index in [0.717, 1.165) is 4.57 Å². The molecule has 0 saturated heterocycles. The van der Waals surface area contributed by atoms with Crippen LogP contribution in [0.25, 0.3) is 0 Å². The van der Waals surface area contributed by atoms with Crippen molar-refractivity contribution < 1.29 is 10.0 Å². The van der Waals surface area contributed by atoms with Gasteiger partial charge in [-0.2, -0.15) is 5.26 Å². The second kappa shape index (κ2) is 7.40. The molecule has 0 saturated carbocycles. The van der Waals surface area contributed by atoms with E-state index in [2.05, 4.69) is 4.99 Å². The maximum Gasteiger partial charge on any atom is 0.271 e. The number of rotatable bonds is 5. The minimum atomic E-state index is -0.535. The van der Waals surface area contributed by atoms with Crippen molar-refractivity contribution in [3.8, 4) is 11.9 Å². The van der Waals surface area contributed by atoms with Gasteiger partial charge in [0.1, 0.15) is 11.6 Å². The summed E-state index contributed by atoms with van der Waals surface area (Å²) in [4.78, 5) is 26.5. The lowest BCUT2D eigenvalue weighted by Gasteiger charge is -2.13. The van der Waals surface area contributed by atoms with E-state index in [1.54, 1.807) is 6.92 Å². The molecule has 0 unspecified atom stereocenters. The van der Waals surface area contributed by atoms with E-state index in [0.29, 0.717) is 17.7 Å². The number of nitro groups is 1. The molecular weight excluding hydrogens is 324 g/mol. The average molecular weight is 340 g/mol. The van der Waals surface area contributed by atoms with Crippen molar-refractivity contribution in [2.45, 2.75) is 26.8 Å². The van der Waals surface area contributed by atoms with Crippen LogP contribution in [0.5, 0.6) is 5.88 Å². The summed E-state index contributed by atoms with van der Waals surface area (Å²) in [5.41, 5.74) is 0.409. The van der Waals surface area contributed by atoms with Gasteiger partial charge in [-0.25, -0.2) is 0 Å². The largest absolute Gasteiger partial charge is 0.494 e. The summed E-state index contributed by atoms with van der Waals surface area (Å²) in [5.74, 6) is -0.256. The Labute approximate surface area is 143 Å². The van der Waals surface area contributed by atoms with Gasteiger partial charge in [-0.05, 0) is 31.0 Å². The monoisotopic (exact) mass is 340 g/mol. The van der Waals surface area contributed by atoms with Gasteiger partial charge in [0.15, 0.2) is 0 Å². The Bertz CT molecular complexity index is 937. The molecule has 0 amide bonds. The Morgan fingerprint density at radius 1 is 1.40 bits per heavy atom. The number of aromatic nitrogens is 1. The Kier molecular flexibility index (Phi) is 5.29. The number of nitro benzene ring substituents is 1. The summed E-state index contributed by atoms with van der Waals surface area (Å²) in [6, 6.07) is 7.44. The Balaban J connectivity index is 2.51. The summed E-state index contributed by atoms with van der Waals surface area (Å²) >= 11 is 0. The molecule has 1 aromatic carbocycles. The van der Waals surface area contributed by atoms with Crippen molar-refractivity contribution >= 4 is 17.6 Å². The van der Waals surface area contributed by atoms with Crippen molar-refractivity contribution in [2.75, 3.05) is 0 Å². The van der Waals surface area contributed by atoms with Gasteiger partial charge in [0, 0.05) is 24.9 Å². The molecule has 0 aliphatic carbocycles. The van der Waals surface area contributed by atoms with Crippen molar-refractivity contribution in [3.05, 3.63) is 61.4 Å². The highest BCUT2D eigenvalue weighted by atomic mass is 16.6. The van der Waals surface area contributed by atoms with Crippen LogP contribution in [0.15, 0.2) is 34.1 Å². The molecule has 128 valence electrons. The Hall–Kier alpha value is -3.47. The first-order valence-electron chi connectivity index (χ1n) is 7.55. The van der Waals surface area contributed by atoms with Crippen LogP contribution in [-0.2, 0) is 6.54 Å². The smallest absolute Gasteiger partial charge is 0.271 e. The van der Waals surface area contributed by atoms with E-state index in [-0.39, 0.29) is 29.2 Å². The van der Waals surface area contributed by atoms with E-state index in [1.165, 1.54) is 30.5 Å². The van der Waals surface area contributed by atoms with Gasteiger partial charge in [0.05, 0.1) is 16.2 Å². The molecule has 25 heavy (non-hydrogen) atoms. The van der Waals surface area contributed by atoms with Gasteiger partial charge in [-0.15, -0.1) is 0 Å². The van der Waals surface area contributed by atoms with Crippen LogP contribution in [0.4, 0.5) is 11.4 Å². The lowest BCUT2D eigenvalue weighted by molar-refractivity contribution is -0.384. The molecule has 8 nitrogen and oxygen atoms in total. The van der Waals surface area contributed by atoms with E-state index in [1.807, 2.05) is 13.0 Å². The SMILES string of the molecule is CCCn1c(O)c(C=Nc2ccc([N+](=O)[O-])cc2)c(C)c(C#N)c1=O. The first-order chi connectivity index (χ1) is 11.9. The number of hydrogen-bond donors (Lipinski definition) is 1. The highest BCUT2D eigenvalue weighted by molar-refractivity contribution is 5.87. The molecule has 1 heterocycles. The van der Waals surface area contributed by atoms with Crippen molar-refractivity contribution in [1.82, 2.24) is 4.57 Å². The third kappa shape index (κ3) is 3.55. The lowest BCUT2D eigenvalue weighted by atomic mass is 10.1. The zero-order valence-electron chi connectivity index (χ0n) is 13.8. The van der Waals surface area contributed by atoms with E-state index >= 15 is 0 Å². The molecule has 0 fully saturated rings. The summed E-state index contributed by atoms with van der Waals surface area (Å²) in [7, 11) is 0. The highest BCUT2D eigenvalue weighted by Crippen LogP contribution is 2.22. The van der Waals surface area contributed by atoms with Crippen molar-refractivity contribution in [1.29, 1.82) is 5.26 Å². The fourth-order valence-corrected chi connectivity index (χ4v) is 2.36. The number of aliphatic imine (C=N–C) groups is 1. The quantitative estimate of drug-likeness (QED) is 0.509. The van der Waals surface area contributed by atoms with Crippen LogP contribution in [0.3, 0.4) is 0 Å². The molecule has 8 heteroatoms. The van der Waals surface area contributed by atoms with Crippen LogP contribution >= 0.6 is 0 Å². The number of non-ortho nitro benzene ring substituents is 1. The first-order valence-corrected chi connectivity index (χ1v) is 7.55. The molecule has 0 radical (unpaired) electrons. The molecule has 0 atom stereocenters. The first kappa shape index (κ1) is 17.9. The predicted molar refractivity (Wildman–Crippen MR) is 92.5 cm³/mol. The molecule has 2 aromatic rings. The van der Waals surface area contributed by atoms with Gasteiger partial charge in [0.25, 0.3) is 11.2 Å². The number of nitriles is 1. The van der Waals surface area contributed by atoms with Crippen LogP contribution in [0.2, 0.25) is 0 Å². The van der Waals surface area contributed by atoms with Gasteiger partial charge < -0.3 is 5.11 Å². The summed E-state index contributed by atoms with van der Waals surface area (Å²) in [6.07, 6.45) is 1.96. The van der Waals surface area contributed by atoms with Crippen LogP contribution in [-0.4, -0.2) is 20.8 Å². The zero-order valence-corrected chi connectivity index (χ0v) is 13.8. The van der Waals surface area contributed by atoms with Crippen LogP contribution < -0.4 is 5.56 Å². The van der Waals surface area contributed by atoms with Crippen molar-refractivity contribution in [2.24, 2.45) is 4.99 Å². The third-order valence-electron chi connectivity index (χ3n) is 3.70. The number of benzene rings is 1. The zero-order chi connectivity index (χ0) is 18.6. The summed E-state index contributed by atoms with van der Waals surface area (Å²) in [6.45, 7) is 3.69. The molecule has 1 aromatic heterocycles. The molecule has 0 spiro atoms. The molecule has 0 aliphatic rings. The molecule has 0 bridgehead atoms. The third-order valence-corrected chi connectivity index (χ3v) is 3.70. The Morgan fingerprint density at radius 2 is 2.04 bits per heavy atom. The molecule has 0 aliphatic heterocycles. The minimum Gasteiger partial charge on any atom is -0.494 e. The fraction of sp³-hybridized carbons (Fsp3) is 0.235. The maximum absolute atomic E-state index is 12.2. The second-order valence-corrected chi connectivity index (χ2v) is 5.34. The molecule has 1 N–H and O–H groups in total. The second-order valence-electron chi connectivity index (χ2n) is 5.34. The predicted octanol–water partition coefficient (Wildman–Crippen LogP) is 2.80. The van der Waals surface area contributed by atoms with Crippen molar-refractivity contribution in [3.63, 3.8) is 0 Å². The average Bonchev–Trinajstić information content (AvgIpc) is 2.59. The van der Waals surface area contributed by atoms with Crippen LogP contribution in [0.1, 0.15) is 30.0 Å².